The van der Waals surface area contributed by atoms with Gasteiger partial charge in [0.25, 0.3) is 5.56 Å². The molecule has 0 bridgehead atoms. The first kappa shape index (κ1) is 21.6. The molecule has 1 amide bonds. The fourth-order valence-electron chi connectivity index (χ4n) is 4.47. The molecule has 1 aromatic heterocycles. The molecule has 2 heterocycles. The first-order chi connectivity index (χ1) is 16.5. The maximum atomic E-state index is 13.9. The Hall–Kier alpha value is -4.26. The van der Waals surface area contributed by atoms with Gasteiger partial charge in [-0.05, 0) is 48.9 Å². The number of carbonyl (C=O) groups excluding carboxylic acids is 2. The number of benzene rings is 3. The van der Waals surface area contributed by atoms with Crippen LogP contribution in [0.5, 0.6) is 5.75 Å². The van der Waals surface area contributed by atoms with Crippen molar-refractivity contribution < 1.29 is 14.3 Å². The molecule has 0 saturated heterocycles. The Balaban J connectivity index is 1.71. The number of nitrogens with zero attached hydrogens (tertiary/aromatic N) is 3. The van der Waals surface area contributed by atoms with E-state index in [0.29, 0.717) is 22.2 Å². The molecule has 0 aliphatic carbocycles. The van der Waals surface area contributed by atoms with E-state index >= 15 is 0 Å². The molecule has 1 aliphatic rings. The number of amides is 1. The SMILES string of the molecule is COc1ccc(C(=O)[C@H]2c3nc4ccccc4c(=O)n3[C@@H](C)C(=O)N2Cc2ccccc2)cc1. The van der Waals surface area contributed by atoms with Crippen LogP contribution in [0, 0.1) is 0 Å². The normalized spacial score (nSPS) is 17.5. The lowest BCUT2D eigenvalue weighted by Crippen LogP contribution is -2.51. The van der Waals surface area contributed by atoms with E-state index in [-0.39, 0.29) is 29.6 Å². The van der Waals surface area contributed by atoms with Crippen molar-refractivity contribution >= 4 is 22.6 Å². The third-order valence-electron chi connectivity index (χ3n) is 6.24. The van der Waals surface area contributed by atoms with E-state index < -0.39 is 12.1 Å². The highest BCUT2D eigenvalue weighted by Gasteiger charge is 2.43. The summed E-state index contributed by atoms with van der Waals surface area (Å²) >= 11 is 0. The topological polar surface area (TPSA) is 81.5 Å². The Labute approximate surface area is 196 Å². The van der Waals surface area contributed by atoms with Crippen LogP contribution in [0.2, 0.25) is 0 Å². The van der Waals surface area contributed by atoms with E-state index in [1.54, 1.807) is 62.6 Å². The van der Waals surface area contributed by atoms with E-state index in [0.717, 1.165) is 5.56 Å². The van der Waals surface area contributed by atoms with Crippen LogP contribution in [0.15, 0.2) is 83.7 Å². The molecular weight excluding hydrogens is 430 g/mol. The quantitative estimate of drug-likeness (QED) is 0.428. The molecule has 0 saturated carbocycles. The third-order valence-corrected chi connectivity index (χ3v) is 6.24. The Morgan fingerprint density at radius 2 is 1.62 bits per heavy atom. The molecule has 2 atom stereocenters. The fourth-order valence-corrected chi connectivity index (χ4v) is 4.47. The lowest BCUT2D eigenvalue weighted by Gasteiger charge is -2.39. The number of ether oxygens (including phenoxy) is 1. The van der Waals surface area contributed by atoms with Crippen molar-refractivity contribution in [1.29, 1.82) is 0 Å². The summed E-state index contributed by atoms with van der Waals surface area (Å²) in [7, 11) is 1.55. The predicted octanol–water partition coefficient (Wildman–Crippen LogP) is 3.93. The summed E-state index contributed by atoms with van der Waals surface area (Å²) in [6.45, 7) is 1.90. The Morgan fingerprint density at radius 1 is 0.941 bits per heavy atom. The second-order valence-corrected chi connectivity index (χ2v) is 8.29. The predicted molar refractivity (Wildman–Crippen MR) is 128 cm³/mol. The number of fused-ring (bicyclic) bond motifs is 2. The number of rotatable bonds is 5. The molecule has 0 fully saturated rings. The number of carbonyl (C=O) groups is 2. The number of aromatic nitrogens is 2. The van der Waals surface area contributed by atoms with Gasteiger partial charge in [-0.15, -0.1) is 0 Å². The van der Waals surface area contributed by atoms with Crippen LogP contribution in [0.3, 0.4) is 0 Å². The van der Waals surface area contributed by atoms with Crippen LogP contribution < -0.4 is 10.3 Å². The van der Waals surface area contributed by atoms with Crippen molar-refractivity contribution in [3.05, 3.63) is 106 Å². The average molecular weight is 453 g/mol. The molecule has 170 valence electrons. The first-order valence-electron chi connectivity index (χ1n) is 11.0. The number of ketones is 1. The number of methoxy groups -OCH3 is 1. The zero-order chi connectivity index (χ0) is 23.8. The highest BCUT2D eigenvalue weighted by atomic mass is 16.5. The van der Waals surface area contributed by atoms with Crippen LogP contribution >= 0.6 is 0 Å². The molecular formula is C27H23N3O4. The lowest BCUT2D eigenvalue weighted by molar-refractivity contribution is -0.139. The van der Waals surface area contributed by atoms with Gasteiger partial charge in [0.15, 0.2) is 11.8 Å². The van der Waals surface area contributed by atoms with Crippen LogP contribution in [0.25, 0.3) is 10.9 Å². The van der Waals surface area contributed by atoms with Gasteiger partial charge in [0, 0.05) is 12.1 Å². The number of Topliss-reactive ketones (excluding diaryl/α,β-unsaturated/α-hetero) is 1. The molecule has 0 N–H and O–H groups in total. The Bertz CT molecular complexity index is 1440. The van der Waals surface area contributed by atoms with Crippen LogP contribution in [0.4, 0.5) is 0 Å². The van der Waals surface area contributed by atoms with E-state index in [2.05, 4.69) is 0 Å². The van der Waals surface area contributed by atoms with Gasteiger partial charge in [0.1, 0.15) is 17.6 Å². The number of hydrogen-bond donors (Lipinski definition) is 0. The van der Waals surface area contributed by atoms with Gasteiger partial charge in [-0.1, -0.05) is 42.5 Å². The van der Waals surface area contributed by atoms with Crippen LogP contribution in [-0.2, 0) is 11.3 Å². The van der Waals surface area contributed by atoms with Crippen molar-refractivity contribution in [3.8, 4) is 5.75 Å². The van der Waals surface area contributed by atoms with E-state index in [4.69, 9.17) is 9.72 Å². The smallest absolute Gasteiger partial charge is 0.262 e. The number of hydrogen-bond acceptors (Lipinski definition) is 5. The van der Waals surface area contributed by atoms with Gasteiger partial charge in [0.2, 0.25) is 5.91 Å². The van der Waals surface area contributed by atoms with Gasteiger partial charge in [-0.3, -0.25) is 19.0 Å². The number of para-hydroxylation sites is 1. The van der Waals surface area contributed by atoms with Gasteiger partial charge in [-0.2, -0.15) is 0 Å². The standard InChI is InChI=1S/C27H23N3O4/c1-17-26(32)29(16-18-8-4-3-5-9-18)23(24(31)19-12-14-20(34-2)15-13-19)25-28-22-11-7-6-10-21(22)27(33)30(17)25/h3-15,17,23H,16H2,1-2H3/t17-,23-/m0/s1. The maximum absolute atomic E-state index is 13.9. The van der Waals surface area contributed by atoms with Crippen molar-refractivity contribution in [2.45, 2.75) is 25.6 Å². The van der Waals surface area contributed by atoms with E-state index in [9.17, 15) is 14.4 Å². The molecule has 7 nitrogen and oxygen atoms in total. The molecule has 0 spiro atoms. The molecule has 1 aliphatic heterocycles. The van der Waals surface area contributed by atoms with Gasteiger partial charge >= 0.3 is 0 Å². The first-order valence-corrected chi connectivity index (χ1v) is 11.0. The monoisotopic (exact) mass is 453 g/mol. The zero-order valence-corrected chi connectivity index (χ0v) is 18.8. The maximum Gasteiger partial charge on any atom is 0.262 e. The van der Waals surface area contributed by atoms with Gasteiger partial charge in [0.05, 0.1) is 18.0 Å². The largest absolute Gasteiger partial charge is 0.497 e. The zero-order valence-electron chi connectivity index (χ0n) is 18.8. The molecule has 0 radical (unpaired) electrons. The summed E-state index contributed by atoms with van der Waals surface area (Å²) in [5, 5.41) is 0.415. The van der Waals surface area contributed by atoms with Crippen LogP contribution in [-0.4, -0.2) is 33.3 Å². The molecule has 7 heteroatoms. The third kappa shape index (κ3) is 3.55. The summed E-state index contributed by atoms with van der Waals surface area (Å²) in [4.78, 5) is 47.1. The molecule has 0 unspecified atom stereocenters. The fraction of sp³-hybridized carbons (Fsp3) is 0.185. The minimum atomic E-state index is -1.05. The average Bonchev–Trinajstić information content (AvgIpc) is 2.87. The minimum Gasteiger partial charge on any atom is -0.497 e. The summed E-state index contributed by atoms with van der Waals surface area (Å²) < 4.78 is 6.59. The van der Waals surface area contributed by atoms with Crippen molar-refractivity contribution in [3.63, 3.8) is 0 Å². The van der Waals surface area contributed by atoms with Gasteiger partial charge in [-0.25, -0.2) is 4.98 Å². The van der Waals surface area contributed by atoms with Crippen LogP contribution in [0.1, 0.15) is 40.8 Å². The summed E-state index contributed by atoms with van der Waals surface area (Å²) in [5.74, 6) is 0.275. The van der Waals surface area contributed by atoms with Crippen molar-refractivity contribution in [2.24, 2.45) is 0 Å². The van der Waals surface area contributed by atoms with Crippen molar-refractivity contribution in [1.82, 2.24) is 14.5 Å². The summed E-state index contributed by atoms with van der Waals surface area (Å²) in [5.41, 5.74) is 1.45. The minimum absolute atomic E-state index is 0.221. The van der Waals surface area contributed by atoms with E-state index in [1.165, 1.54) is 9.47 Å². The summed E-state index contributed by atoms with van der Waals surface area (Å²) in [6, 6.07) is 21.3. The molecule has 3 aromatic carbocycles. The Morgan fingerprint density at radius 3 is 2.32 bits per heavy atom. The van der Waals surface area contributed by atoms with E-state index in [1.807, 2.05) is 30.3 Å². The highest BCUT2D eigenvalue weighted by molar-refractivity contribution is 6.03. The molecule has 5 rings (SSSR count). The molecule has 34 heavy (non-hydrogen) atoms. The van der Waals surface area contributed by atoms with Crippen molar-refractivity contribution in [2.75, 3.05) is 7.11 Å². The van der Waals surface area contributed by atoms with Gasteiger partial charge < -0.3 is 9.64 Å². The lowest BCUT2D eigenvalue weighted by atomic mass is 9.97. The Kier molecular flexibility index (Phi) is 5.45. The highest BCUT2D eigenvalue weighted by Crippen LogP contribution is 2.34. The second kappa shape index (κ2) is 8.59. The second-order valence-electron chi connectivity index (χ2n) is 8.29. The molecule has 4 aromatic rings. The summed E-state index contributed by atoms with van der Waals surface area (Å²) in [6.07, 6.45) is 0.